The Balaban J connectivity index is 1.45. The van der Waals surface area contributed by atoms with E-state index in [1.165, 1.54) is 10.9 Å². The third-order valence-corrected chi connectivity index (χ3v) is 6.04. The number of aromatic nitrogens is 5. The van der Waals surface area contributed by atoms with Gasteiger partial charge in [0.05, 0.1) is 30.5 Å². The summed E-state index contributed by atoms with van der Waals surface area (Å²) in [5.41, 5.74) is 1.23. The molecule has 0 aromatic carbocycles. The maximum Gasteiger partial charge on any atom is 0.410 e. The van der Waals surface area contributed by atoms with E-state index in [0.717, 1.165) is 19.0 Å². The largest absolute Gasteiger partial charge is 0.449 e. The number of rotatable bonds is 4. The van der Waals surface area contributed by atoms with Crippen molar-refractivity contribution in [2.75, 3.05) is 24.6 Å². The minimum absolute atomic E-state index is 0.0609. The van der Waals surface area contributed by atoms with Crippen LogP contribution in [-0.4, -0.2) is 67.5 Å². The Kier molecular flexibility index (Phi) is 4.98. The minimum Gasteiger partial charge on any atom is -0.449 e. The summed E-state index contributed by atoms with van der Waals surface area (Å²) >= 11 is 0. The molecule has 5 heterocycles. The molecule has 0 spiro atoms. The van der Waals surface area contributed by atoms with Gasteiger partial charge < -0.3 is 14.6 Å². The molecule has 1 N–H and O–H groups in total. The van der Waals surface area contributed by atoms with Gasteiger partial charge in [0.1, 0.15) is 17.0 Å². The molecule has 32 heavy (non-hydrogen) atoms. The summed E-state index contributed by atoms with van der Waals surface area (Å²) in [6.45, 7) is 5.30. The van der Waals surface area contributed by atoms with Crippen LogP contribution in [0.2, 0.25) is 0 Å². The number of piperazine rings is 1. The van der Waals surface area contributed by atoms with Gasteiger partial charge in [-0.05, 0) is 18.8 Å². The van der Waals surface area contributed by atoms with Crippen molar-refractivity contribution >= 4 is 22.9 Å². The van der Waals surface area contributed by atoms with Crippen molar-refractivity contribution in [1.29, 1.82) is 0 Å². The van der Waals surface area contributed by atoms with Crippen molar-refractivity contribution in [3.8, 4) is 11.4 Å². The Labute approximate surface area is 183 Å². The fourth-order valence-corrected chi connectivity index (χ4v) is 4.67. The van der Waals surface area contributed by atoms with E-state index in [-0.39, 0.29) is 35.5 Å². The molecule has 170 valence electrons. The molecule has 1 amide bonds. The van der Waals surface area contributed by atoms with E-state index in [9.17, 15) is 13.6 Å². The summed E-state index contributed by atoms with van der Waals surface area (Å²) in [5.74, 6) is -0.658. The van der Waals surface area contributed by atoms with Crippen LogP contribution in [0.15, 0.2) is 12.4 Å². The molecule has 3 aromatic rings. The maximum atomic E-state index is 15.0. The number of nitrogens with one attached hydrogen (secondary N) is 1. The van der Waals surface area contributed by atoms with Gasteiger partial charge >= 0.3 is 6.09 Å². The smallest absolute Gasteiger partial charge is 0.410 e. The molecule has 2 saturated heterocycles. The van der Waals surface area contributed by atoms with Crippen LogP contribution in [0.5, 0.6) is 0 Å². The monoisotopic (exact) mass is 445 g/mol. The van der Waals surface area contributed by atoms with Gasteiger partial charge in [-0.25, -0.2) is 19.2 Å². The van der Waals surface area contributed by atoms with Crippen molar-refractivity contribution in [2.45, 2.75) is 38.8 Å². The first kappa shape index (κ1) is 20.7. The molecule has 2 unspecified atom stereocenters. The van der Waals surface area contributed by atoms with E-state index in [1.807, 2.05) is 18.7 Å². The Morgan fingerprint density at radius 2 is 2.00 bits per heavy atom. The Hall–Kier alpha value is -3.24. The predicted molar refractivity (Wildman–Crippen MR) is 113 cm³/mol. The van der Waals surface area contributed by atoms with Gasteiger partial charge in [0.15, 0.2) is 11.5 Å². The number of nitrogens with zero attached hydrogens (tertiary/aromatic N) is 6. The summed E-state index contributed by atoms with van der Waals surface area (Å²) in [5, 5.41) is 3.70. The van der Waals surface area contributed by atoms with E-state index in [0.29, 0.717) is 36.5 Å². The number of halogens is 2. The van der Waals surface area contributed by atoms with Gasteiger partial charge in [0, 0.05) is 26.3 Å². The number of hydrogen-bond donors (Lipinski definition) is 1. The van der Waals surface area contributed by atoms with E-state index in [4.69, 9.17) is 4.74 Å². The lowest BCUT2D eigenvalue weighted by Gasteiger charge is -2.41. The predicted octanol–water partition coefficient (Wildman–Crippen LogP) is 3.08. The number of anilines is 1. The van der Waals surface area contributed by atoms with E-state index in [2.05, 4.69) is 20.1 Å². The quantitative estimate of drug-likeness (QED) is 0.664. The van der Waals surface area contributed by atoms with Crippen molar-refractivity contribution in [3.63, 3.8) is 0 Å². The zero-order valence-electron chi connectivity index (χ0n) is 18.2. The number of amides is 1. The average Bonchev–Trinajstić information content (AvgIpc) is 3.39. The fraction of sp³-hybridized carbons (Fsp3) is 0.524. The first-order valence-corrected chi connectivity index (χ1v) is 10.8. The topological polar surface area (TPSA) is 92.2 Å². The van der Waals surface area contributed by atoms with Gasteiger partial charge in [0.2, 0.25) is 5.95 Å². The number of carbonyl (C=O) groups excluding carboxylic acids is 1. The SMILES string of the molecule is CC(C)COC(=O)N1C2CCC1CN(c1c(F)cnc3nc(-c4cn(C)nc4F)[nH]c13)C2. The summed E-state index contributed by atoms with van der Waals surface area (Å²) in [7, 11) is 1.61. The first-order valence-electron chi connectivity index (χ1n) is 10.8. The molecule has 0 saturated carbocycles. The van der Waals surface area contributed by atoms with Crippen molar-refractivity contribution in [1.82, 2.24) is 29.6 Å². The number of imidazole rings is 1. The summed E-state index contributed by atoms with van der Waals surface area (Å²) in [4.78, 5) is 27.8. The molecular weight excluding hydrogens is 420 g/mol. The Morgan fingerprint density at radius 1 is 1.28 bits per heavy atom. The highest BCUT2D eigenvalue weighted by atomic mass is 19.1. The lowest BCUT2D eigenvalue weighted by molar-refractivity contribution is 0.0704. The summed E-state index contributed by atoms with van der Waals surface area (Å²) in [6, 6.07) is -0.122. The number of ether oxygens (including phenoxy) is 1. The van der Waals surface area contributed by atoms with Crippen molar-refractivity contribution < 1.29 is 18.3 Å². The van der Waals surface area contributed by atoms with Gasteiger partial charge in [0.25, 0.3) is 0 Å². The molecule has 2 atom stereocenters. The minimum atomic E-state index is -0.667. The highest BCUT2D eigenvalue weighted by Gasteiger charge is 2.44. The van der Waals surface area contributed by atoms with Gasteiger partial charge in [-0.2, -0.15) is 4.39 Å². The molecule has 2 bridgehead atoms. The zero-order valence-corrected chi connectivity index (χ0v) is 18.2. The number of H-pyrrole nitrogens is 1. The first-order chi connectivity index (χ1) is 15.3. The number of pyridine rings is 1. The van der Waals surface area contributed by atoms with E-state index in [1.54, 1.807) is 11.9 Å². The van der Waals surface area contributed by atoms with Gasteiger partial charge in [-0.15, -0.1) is 5.10 Å². The second kappa shape index (κ2) is 7.72. The molecular formula is C21H25F2N7O2. The second-order valence-corrected chi connectivity index (χ2v) is 8.91. The van der Waals surface area contributed by atoms with E-state index < -0.39 is 11.8 Å². The zero-order chi connectivity index (χ0) is 22.6. The normalized spacial score (nSPS) is 20.6. The number of aromatic amines is 1. The molecule has 3 aromatic heterocycles. The van der Waals surface area contributed by atoms with Gasteiger partial charge in [-0.1, -0.05) is 13.8 Å². The Bertz CT molecular complexity index is 1160. The Morgan fingerprint density at radius 3 is 2.62 bits per heavy atom. The molecule has 5 rings (SSSR count). The molecule has 2 aliphatic heterocycles. The summed E-state index contributed by atoms with van der Waals surface area (Å²) < 4.78 is 35.9. The molecule has 9 nitrogen and oxygen atoms in total. The standard InChI is InChI=1S/C21H25F2N7O2/c1-11(2)10-32-21(31)30-12-4-5-13(30)8-29(7-12)17-15(22)6-24-20-16(17)25-19(26-20)14-9-28(3)27-18(14)23/h6,9,11-13H,4-5,7-8,10H2,1-3H3,(H,24,25,26). The molecule has 11 heteroatoms. The molecule has 0 aliphatic carbocycles. The third-order valence-electron chi connectivity index (χ3n) is 6.04. The number of hydrogen-bond acceptors (Lipinski definition) is 6. The number of carbonyl (C=O) groups is 1. The highest BCUT2D eigenvalue weighted by molar-refractivity contribution is 5.89. The molecule has 2 fully saturated rings. The van der Waals surface area contributed by atoms with Crippen molar-refractivity contribution in [3.05, 3.63) is 24.2 Å². The molecule has 2 aliphatic rings. The van der Waals surface area contributed by atoms with Crippen LogP contribution in [-0.2, 0) is 11.8 Å². The number of aryl methyl sites for hydroxylation is 1. The summed E-state index contributed by atoms with van der Waals surface area (Å²) in [6.07, 6.45) is 4.01. The number of fused-ring (bicyclic) bond motifs is 3. The van der Waals surface area contributed by atoms with Crippen LogP contribution in [0.3, 0.4) is 0 Å². The van der Waals surface area contributed by atoms with Crippen LogP contribution in [0.1, 0.15) is 26.7 Å². The van der Waals surface area contributed by atoms with Crippen LogP contribution in [0, 0.1) is 17.7 Å². The van der Waals surface area contributed by atoms with Crippen molar-refractivity contribution in [2.24, 2.45) is 13.0 Å². The van der Waals surface area contributed by atoms with E-state index >= 15 is 0 Å². The lowest BCUT2D eigenvalue weighted by Crippen LogP contribution is -2.56. The van der Waals surface area contributed by atoms with Crippen LogP contribution >= 0.6 is 0 Å². The highest BCUT2D eigenvalue weighted by Crippen LogP contribution is 2.37. The third kappa shape index (κ3) is 3.45. The lowest BCUT2D eigenvalue weighted by atomic mass is 10.1. The van der Waals surface area contributed by atoms with Crippen LogP contribution < -0.4 is 4.90 Å². The maximum absolute atomic E-state index is 15.0. The van der Waals surface area contributed by atoms with Crippen LogP contribution in [0.4, 0.5) is 19.3 Å². The fourth-order valence-electron chi connectivity index (χ4n) is 4.67. The van der Waals surface area contributed by atoms with Gasteiger partial charge in [-0.3, -0.25) is 9.58 Å². The molecule has 0 radical (unpaired) electrons. The second-order valence-electron chi connectivity index (χ2n) is 8.91. The van der Waals surface area contributed by atoms with Crippen LogP contribution in [0.25, 0.3) is 22.6 Å². The average molecular weight is 445 g/mol.